The maximum atomic E-state index is 13.1. The molecule has 20 heavy (non-hydrogen) atoms. The van der Waals surface area contributed by atoms with Crippen LogP contribution in [0.5, 0.6) is 0 Å². The Morgan fingerprint density at radius 3 is 2.40 bits per heavy atom. The Hall–Kier alpha value is -1.01. The number of rotatable bonds is 4. The molecule has 2 aromatic rings. The van der Waals surface area contributed by atoms with E-state index in [0.717, 1.165) is 5.56 Å². The van der Waals surface area contributed by atoms with Crippen LogP contribution in [0.4, 0.5) is 8.78 Å². The van der Waals surface area contributed by atoms with Gasteiger partial charge in [0, 0.05) is 9.50 Å². The number of nitrogens with one attached hydrogen (secondary N) is 1. The van der Waals surface area contributed by atoms with Crippen molar-refractivity contribution in [1.29, 1.82) is 0 Å². The van der Waals surface area contributed by atoms with Crippen molar-refractivity contribution >= 4 is 27.5 Å². The van der Waals surface area contributed by atoms with E-state index >= 15 is 0 Å². The van der Waals surface area contributed by atoms with E-state index in [4.69, 9.17) is 17.4 Å². The predicted molar refractivity (Wildman–Crippen MR) is 79.3 cm³/mol. The third-order valence-corrected chi connectivity index (χ3v) is 4.04. The van der Waals surface area contributed by atoms with Crippen molar-refractivity contribution < 1.29 is 8.78 Å². The summed E-state index contributed by atoms with van der Waals surface area (Å²) in [4.78, 5) is 0. The summed E-state index contributed by atoms with van der Waals surface area (Å²) in [6, 6.07) is 8.27. The fourth-order valence-electron chi connectivity index (χ4n) is 1.95. The van der Waals surface area contributed by atoms with E-state index in [9.17, 15) is 8.78 Å². The Kier molecular flexibility index (Phi) is 5.10. The van der Waals surface area contributed by atoms with Gasteiger partial charge in [0.15, 0.2) is 0 Å². The van der Waals surface area contributed by atoms with Gasteiger partial charge in [-0.25, -0.2) is 8.78 Å². The minimum absolute atomic E-state index is 0.297. The largest absolute Gasteiger partial charge is 0.271 e. The first-order valence-corrected chi connectivity index (χ1v) is 7.03. The Morgan fingerprint density at radius 2 is 1.80 bits per heavy atom. The fourth-order valence-corrected chi connectivity index (χ4v) is 2.76. The van der Waals surface area contributed by atoms with E-state index < -0.39 is 5.82 Å². The quantitative estimate of drug-likeness (QED) is 0.635. The Labute approximate surface area is 129 Å². The van der Waals surface area contributed by atoms with Crippen molar-refractivity contribution in [3.8, 4) is 0 Å². The molecule has 1 atom stereocenters. The highest BCUT2D eigenvalue weighted by molar-refractivity contribution is 9.10. The van der Waals surface area contributed by atoms with Crippen LogP contribution in [0, 0.1) is 11.6 Å². The number of nitrogens with two attached hydrogens (primary N) is 1. The molecule has 0 amide bonds. The topological polar surface area (TPSA) is 38.0 Å². The number of benzene rings is 2. The lowest BCUT2D eigenvalue weighted by Crippen LogP contribution is -2.30. The normalized spacial score (nSPS) is 12.4. The molecule has 0 fully saturated rings. The Bertz CT molecular complexity index is 622. The van der Waals surface area contributed by atoms with Gasteiger partial charge in [-0.05, 0) is 41.8 Å². The molecule has 106 valence electrons. The molecule has 0 radical (unpaired) electrons. The van der Waals surface area contributed by atoms with Crippen molar-refractivity contribution in [3.63, 3.8) is 0 Å². The lowest BCUT2D eigenvalue weighted by Gasteiger charge is -2.18. The second-order valence-electron chi connectivity index (χ2n) is 4.32. The summed E-state index contributed by atoms with van der Waals surface area (Å²) in [6.07, 6.45) is 0.489. The van der Waals surface area contributed by atoms with Gasteiger partial charge in [0.25, 0.3) is 0 Å². The second-order valence-corrected chi connectivity index (χ2v) is 5.59. The van der Waals surface area contributed by atoms with E-state index in [0.29, 0.717) is 21.5 Å². The molecule has 2 aromatic carbocycles. The smallest absolute Gasteiger partial charge is 0.124 e. The van der Waals surface area contributed by atoms with Crippen LogP contribution in [0.25, 0.3) is 0 Å². The molecular weight excluding hydrogens is 350 g/mol. The highest BCUT2D eigenvalue weighted by atomic mass is 79.9. The molecule has 2 rings (SSSR count). The van der Waals surface area contributed by atoms with Gasteiger partial charge in [-0.1, -0.05) is 39.7 Å². The van der Waals surface area contributed by atoms with Gasteiger partial charge >= 0.3 is 0 Å². The SMILES string of the molecule is NNC(Cc1ccc(F)cc1Br)c1ccc(F)cc1Cl. The molecule has 0 aliphatic rings. The van der Waals surface area contributed by atoms with Crippen molar-refractivity contribution in [2.75, 3.05) is 0 Å². The number of halogens is 4. The van der Waals surface area contributed by atoms with Crippen LogP contribution in [0.1, 0.15) is 17.2 Å². The van der Waals surface area contributed by atoms with Crippen LogP contribution in [-0.4, -0.2) is 0 Å². The molecule has 0 bridgehead atoms. The molecule has 0 saturated heterocycles. The molecule has 0 saturated carbocycles. The van der Waals surface area contributed by atoms with Crippen LogP contribution in [-0.2, 0) is 6.42 Å². The summed E-state index contributed by atoms with van der Waals surface area (Å²) in [7, 11) is 0. The zero-order chi connectivity index (χ0) is 14.7. The average molecular weight is 362 g/mol. The summed E-state index contributed by atoms with van der Waals surface area (Å²) in [6.45, 7) is 0. The van der Waals surface area contributed by atoms with E-state index in [2.05, 4.69) is 21.4 Å². The van der Waals surface area contributed by atoms with Crippen LogP contribution in [0.15, 0.2) is 40.9 Å². The molecular formula is C14H12BrClF2N2. The number of hydrogen-bond acceptors (Lipinski definition) is 2. The average Bonchev–Trinajstić information content (AvgIpc) is 2.39. The van der Waals surface area contributed by atoms with Gasteiger partial charge in [0.2, 0.25) is 0 Å². The van der Waals surface area contributed by atoms with Crippen LogP contribution >= 0.6 is 27.5 Å². The summed E-state index contributed by atoms with van der Waals surface area (Å²) in [5.41, 5.74) is 4.20. The van der Waals surface area contributed by atoms with Crippen LogP contribution in [0.3, 0.4) is 0 Å². The minimum Gasteiger partial charge on any atom is -0.271 e. The van der Waals surface area contributed by atoms with Crippen molar-refractivity contribution in [2.45, 2.75) is 12.5 Å². The van der Waals surface area contributed by atoms with Gasteiger partial charge < -0.3 is 0 Å². The highest BCUT2D eigenvalue weighted by Crippen LogP contribution is 2.28. The van der Waals surface area contributed by atoms with E-state index in [1.54, 1.807) is 12.1 Å². The maximum absolute atomic E-state index is 13.1. The van der Waals surface area contributed by atoms with Crippen molar-refractivity contribution in [1.82, 2.24) is 5.43 Å². The standard InChI is InChI=1S/C14H12BrClF2N2/c15-12-6-9(17)2-1-8(12)5-14(20-19)11-4-3-10(18)7-13(11)16/h1-4,6-7,14,20H,5,19H2. The van der Waals surface area contributed by atoms with Crippen molar-refractivity contribution in [2.24, 2.45) is 5.84 Å². The fraction of sp³-hybridized carbons (Fsp3) is 0.143. The van der Waals surface area contributed by atoms with Crippen molar-refractivity contribution in [3.05, 3.63) is 68.7 Å². The molecule has 1 unspecified atom stereocenters. The lowest BCUT2D eigenvalue weighted by atomic mass is 9.99. The first kappa shape index (κ1) is 15.4. The Balaban J connectivity index is 2.28. The number of hydrogen-bond donors (Lipinski definition) is 2. The summed E-state index contributed by atoms with van der Waals surface area (Å²) < 4.78 is 26.8. The second kappa shape index (κ2) is 6.63. The monoisotopic (exact) mass is 360 g/mol. The maximum Gasteiger partial charge on any atom is 0.124 e. The van der Waals surface area contributed by atoms with Gasteiger partial charge in [0.05, 0.1) is 6.04 Å². The molecule has 6 heteroatoms. The molecule has 3 N–H and O–H groups in total. The van der Waals surface area contributed by atoms with Gasteiger partial charge in [-0.2, -0.15) is 0 Å². The third-order valence-electron chi connectivity index (χ3n) is 2.98. The van der Waals surface area contributed by atoms with E-state index in [1.165, 1.54) is 24.3 Å². The molecule has 0 aliphatic carbocycles. The third kappa shape index (κ3) is 3.55. The van der Waals surface area contributed by atoms with E-state index in [-0.39, 0.29) is 11.9 Å². The Morgan fingerprint density at radius 1 is 1.15 bits per heavy atom. The van der Waals surface area contributed by atoms with Crippen LogP contribution < -0.4 is 11.3 Å². The zero-order valence-corrected chi connectivity index (χ0v) is 12.7. The first-order valence-electron chi connectivity index (χ1n) is 5.86. The molecule has 0 aromatic heterocycles. The first-order chi connectivity index (χ1) is 9.51. The molecule has 2 nitrogen and oxygen atoms in total. The number of hydrazine groups is 1. The summed E-state index contributed by atoms with van der Waals surface area (Å²) in [5.74, 6) is 4.82. The lowest BCUT2D eigenvalue weighted by molar-refractivity contribution is 0.547. The van der Waals surface area contributed by atoms with E-state index in [1.807, 2.05) is 0 Å². The van der Waals surface area contributed by atoms with Gasteiger partial charge in [0.1, 0.15) is 11.6 Å². The van der Waals surface area contributed by atoms with Crippen LogP contribution in [0.2, 0.25) is 5.02 Å². The summed E-state index contributed by atoms with van der Waals surface area (Å²) in [5, 5.41) is 0.297. The van der Waals surface area contributed by atoms with Gasteiger partial charge in [-0.3, -0.25) is 11.3 Å². The molecule has 0 aliphatic heterocycles. The predicted octanol–water partition coefficient (Wildman–Crippen LogP) is 4.13. The highest BCUT2D eigenvalue weighted by Gasteiger charge is 2.16. The zero-order valence-electron chi connectivity index (χ0n) is 10.3. The molecule has 0 heterocycles. The van der Waals surface area contributed by atoms with Gasteiger partial charge in [-0.15, -0.1) is 0 Å². The molecule has 0 spiro atoms. The summed E-state index contributed by atoms with van der Waals surface area (Å²) >= 11 is 9.33. The minimum atomic E-state index is -0.405.